The van der Waals surface area contributed by atoms with E-state index in [9.17, 15) is 4.79 Å². The minimum absolute atomic E-state index is 0.183. The highest BCUT2D eigenvalue weighted by molar-refractivity contribution is 6.41. The van der Waals surface area contributed by atoms with Gasteiger partial charge in [0.2, 0.25) is 0 Å². The highest BCUT2D eigenvalue weighted by atomic mass is 35.5. The number of hydrogen-bond donors (Lipinski definition) is 0. The molecule has 0 aliphatic heterocycles. The lowest BCUT2D eigenvalue weighted by molar-refractivity contribution is 0.0502. The zero-order valence-corrected chi connectivity index (χ0v) is 12.0. The van der Waals surface area contributed by atoms with Crippen molar-refractivity contribution in [3.05, 3.63) is 40.0 Å². The van der Waals surface area contributed by atoms with Crippen molar-refractivity contribution in [2.24, 2.45) is 0 Å². The van der Waals surface area contributed by atoms with E-state index in [2.05, 4.69) is 4.98 Å². The molecule has 1 aromatic heterocycles. The fraction of sp³-hybridized carbons (Fsp3) is 0.286. The number of ether oxygens (including phenoxy) is 1. The van der Waals surface area contributed by atoms with Crippen molar-refractivity contribution < 1.29 is 9.53 Å². The van der Waals surface area contributed by atoms with Gasteiger partial charge < -0.3 is 4.74 Å². The molecule has 0 amide bonds. The van der Waals surface area contributed by atoms with Crippen LogP contribution >= 0.6 is 23.2 Å². The van der Waals surface area contributed by atoms with Gasteiger partial charge in [0.15, 0.2) is 0 Å². The summed E-state index contributed by atoms with van der Waals surface area (Å²) in [6, 6.07) is 6.96. The molecule has 0 aliphatic carbocycles. The maximum atomic E-state index is 12.0. The Morgan fingerprint density at radius 3 is 2.89 bits per heavy atom. The van der Waals surface area contributed by atoms with Gasteiger partial charge in [-0.3, -0.25) is 0 Å². The number of benzene rings is 1. The van der Waals surface area contributed by atoms with Crippen LogP contribution < -0.4 is 0 Å². The molecular formula is C14H13Cl2NO2. The van der Waals surface area contributed by atoms with Crippen LogP contribution in [0.1, 0.15) is 30.1 Å². The van der Waals surface area contributed by atoms with Gasteiger partial charge in [-0.1, -0.05) is 48.7 Å². The first-order chi connectivity index (χ1) is 9.13. The van der Waals surface area contributed by atoms with E-state index in [0.29, 0.717) is 22.7 Å². The molecule has 0 aliphatic rings. The van der Waals surface area contributed by atoms with Crippen LogP contribution in [-0.2, 0) is 4.74 Å². The first-order valence-corrected chi connectivity index (χ1v) is 6.81. The number of rotatable bonds is 4. The highest BCUT2D eigenvalue weighted by Gasteiger charge is 2.14. The van der Waals surface area contributed by atoms with E-state index in [1.807, 2.05) is 13.0 Å². The second-order valence-electron chi connectivity index (χ2n) is 4.13. The minimum atomic E-state index is -0.384. The molecule has 0 spiro atoms. The highest BCUT2D eigenvalue weighted by Crippen LogP contribution is 2.26. The van der Waals surface area contributed by atoms with Crippen LogP contribution in [0.15, 0.2) is 24.3 Å². The van der Waals surface area contributed by atoms with Crippen molar-refractivity contribution in [3.8, 4) is 0 Å². The minimum Gasteiger partial charge on any atom is -0.462 e. The van der Waals surface area contributed by atoms with Crippen molar-refractivity contribution >= 4 is 40.1 Å². The zero-order valence-electron chi connectivity index (χ0n) is 10.5. The Morgan fingerprint density at radius 2 is 2.16 bits per heavy atom. The molecule has 19 heavy (non-hydrogen) atoms. The summed E-state index contributed by atoms with van der Waals surface area (Å²) in [5, 5.41) is 1.31. The molecule has 3 nitrogen and oxygen atoms in total. The lowest BCUT2D eigenvalue weighted by Crippen LogP contribution is -2.07. The summed E-state index contributed by atoms with van der Waals surface area (Å²) >= 11 is 11.8. The summed E-state index contributed by atoms with van der Waals surface area (Å²) in [5.74, 6) is -0.384. The van der Waals surface area contributed by atoms with Crippen LogP contribution in [0.3, 0.4) is 0 Å². The number of carbonyl (C=O) groups is 1. The molecule has 0 radical (unpaired) electrons. The van der Waals surface area contributed by atoms with Crippen LogP contribution in [0.2, 0.25) is 10.2 Å². The molecule has 0 saturated heterocycles. The number of hydrogen-bond acceptors (Lipinski definition) is 3. The van der Waals surface area contributed by atoms with Crippen LogP contribution in [0.5, 0.6) is 0 Å². The molecule has 0 saturated carbocycles. The second kappa shape index (κ2) is 6.22. The summed E-state index contributed by atoms with van der Waals surface area (Å²) < 4.78 is 5.19. The molecule has 0 fully saturated rings. The zero-order chi connectivity index (χ0) is 13.8. The average Bonchev–Trinajstić information content (AvgIpc) is 2.39. The Kier molecular flexibility index (Phi) is 4.61. The number of fused-ring (bicyclic) bond motifs is 1. The van der Waals surface area contributed by atoms with Gasteiger partial charge in [0.25, 0.3) is 0 Å². The molecule has 0 unspecified atom stereocenters. The number of para-hydroxylation sites is 1. The summed E-state index contributed by atoms with van der Waals surface area (Å²) in [6.07, 6.45) is 1.82. The number of aromatic nitrogens is 1. The molecule has 0 bridgehead atoms. The van der Waals surface area contributed by atoms with Crippen molar-refractivity contribution in [2.75, 3.05) is 6.61 Å². The first-order valence-electron chi connectivity index (χ1n) is 6.05. The van der Waals surface area contributed by atoms with Crippen LogP contribution in [-0.4, -0.2) is 17.6 Å². The quantitative estimate of drug-likeness (QED) is 0.474. The Bertz CT molecular complexity index is 614. The number of pyridine rings is 1. The monoisotopic (exact) mass is 297 g/mol. The van der Waals surface area contributed by atoms with Gasteiger partial charge in [-0.25, -0.2) is 9.78 Å². The third-order valence-corrected chi connectivity index (χ3v) is 3.38. The van der Waals surface area contributed by atoms with E-state index >= 15 is 0 Å². The van der Waals surface area contributed by atoms with Gasteiger partial charge >= 0.3 is 5.97 Å². The van der Waals surface area contributed by atoms with Crippen molar-refractivity contribution in [1.82, 2.24) is 4.98 Å². The van der Waals surface area contributed by atoms with Gasteiger partial charge in [0, 0.05) is 5.39 Å². The number of halogens is 2. The van der Waals surface area contributed by atoms with Gasteiger partial charge in [0.1, 0.15) is 5.15 Å². The summed E-state index contributed by atoms with van der Waals surface area (Å²) in [7, 11) is 0. The van der Waals surface area contributed by atoms with Crippen LogP contribution in [0.25, 0.3) is 10.9 Å². The van der Waals surface area contributed by atoms with Crippen molar-refractivity contribution in [1.29, 1.82) is 0 Å². The van der Waals surface area contributed by atoms with Crippen molar-refractivity contribution in [3.63, 3.8) is 0 Å². The number of carbonyl (C=O) groups excluding carboxylic acids is 1. The third kappa shape index (κ3) is 3.17. The molecule has 1 aromatic carbocycles. The Morgan fingerprint density at radius 1 is 1.37 bits per heavy atom. The molecule has 1 heterocycles. The topological polar surface area (TPSA) is 39.2 Å². The molecule has 5 heteroatoms. The lowest BCUT2D eigenvalue weighted by atomic mass is 10.1. The Labute approximate surface area is 121 Å². The first kappa shape index (κ1) is 14.1. The third-order valence-electron chi connectivity index (χ3n) is 2.71. The van der Waals surface area contributed by atoms with E-state index in [1.165, 1.54) is 0 Å². The lowest BCUT2D eigenvalue weighted by Gasteiger charge is -2.07. The maximum Gasteiger partial charge on any atom is 0.340 e. The molecule has 2 aromatic rings. The van der Waals surface area contributed by atoms with E-state index in [-0.39, 0.29) is 11.1 Å². The number of nitrogens with zero attached hydrogens (tertiary/aromatic N) is 1. The SMILES string of the molecule is CCCCOC(=O)c1cccc2cc(Cl)c(Cl)nc12. The van der Waals surface area contributed by atoms with Gasteiger partial charge in [0.05, 0.1) is 22.7 Å². The Hall–Kier alpha value is -1.32. The largest absolute Gasteiger partial charge is 0.462 e. The van der Waals surface area contributed by atoms with Crippen LogP contribution in [0.4, 0.5) is 0 Å². The summed E-state index contributed by atoms with van der Waals surface area (Å²) in [5.41, 5.74) is 0.922. The maximum absolute atomic E-state index is 12.0. The van der Waals surface area contributed by atoms with E-state index in [4.69, 9.17) is 27.9 Å². The molecular weight excluding hydrogens is 285 g/mol. The smallest absolute Gasteiger partial charge is 0.340 e. The van der Waals surface area contributed by atoms with Gasteiger partial charge in [-0.15, -0.1) is 0 Å². The van der Waals surface area contributed by atoms with Gasteiger partial charge in [-0.2, -0.15) is 0 Å². The molecule has 100 valence electrons. The van der Waals surface area contributed by atoms with Crippen molar-refractivity contribution in [2.45, 2.75) is 19.8 Å². The fourth-order valence-electron chi connectivity index (χ4n) is 1.70. The number of esters is 1. The van der Waals surface area contributed by atoms with E-state index in [0.717, 1.165) is 18.2 Å². The van der Waals surface area contributed by atoms with Crippen LogP contribution in [0, 0.1) is 0 Å². The standard InChI is InChI=1S/C14H13Cl2NO2/c1-2-3-7-19-14(18)10-6-4-5-9-8-11(15)13(16)17-12(9)10/h4-6,8H,2-3,7H2,1H3. The molecule has 2 rings (SSSR count). The average molecular weight is 298 g/mol. The van der Waals surface area contributed by atoms with E-state index in [1.54, 1.807) is 18.2 Å². The summed E-state index contributed by atoms with van der Waals surface area (Å²) in [4.78, 5) is 16.1. The Balaban J connectivity index is 2.37. The summed E-state index contributed by atoms with van der Waals surface area (Å²) in [6.45, 7) is 2.45. The van der Waals surface area contributed by atoms with Gasteiger partial charge in [-0.05, 0) is 18.6 Å². The second-order valence-corrected chi connectivity index (χ2v) is 4.89. The molecule has 0 atom stereocenters. The predicted octanol–water partition coefficient (Wildman–Crippen LogP) is 4.50. The predicted molar refractivity (Wildman–Crippen MR) is 77.0 cm³/mol. The fourth-order valence-corrected chi connectivity index (χ4v) is 2.00. The number of unbranched alkanes of at least 4 members (excludes halogenated alkanes) is 1. The molecule has 0 N–H and O–H groups in total. The normalized spacial score (nSPS) is 10.7. The van der Waals surface area contributed by atoms with E-state index < -0.39 is 0 Å².